The second-order valence-corrected chi connectivity index (χ2v) is 8.53. The van der Waals surface area contributed by atoms with Crippen LogP contribution >= 0.6 is 0 Å². The third kappa shape index (κ3) is 3.13. The number of carbonyl (C=O) groups excluding carboxylic acids is 1. The molecule has 0 radical (unpaired) electrons. The van der Waals surface area contributed by atoms with Gasteiger partial charge in [0.25, 0.3) is 0 Å². The summed E-state index contributed by atoms with van der Waals surface area (Å²) in [5.41, 5.74) is 0. The molecule has 0 aromatic carbocycles. The van der Waals surface area contributed by atoms with Crippen LogP contribution < -0.4 is 5.32 Å². The van der Waals surface area contributed by atoms with Gasteiger partial charge < -0.3 is 0 Å². The average Bonchev–Trinajstić information content (AvgIpc) is 2.13. The maximum absolute atomic E-state index is 10.6. The Labute approximate surface area is 92.2 Å². The summed E-state index contributed by atoms with van der Waals surface area (Å²) in [7, 11) is 0. The number of hydrogen-bond acceptors (Lipinski definition) is 3. The molecule has 0 amide bonds. The number of carbonyl (C=O) groups is 1. The molecule has 0 bridgehead atoms. The summed E-state index contributed by atoms with van der Waals surface area (Å²) in [6.45, 7) is 0.886. The average molecular weight is 514 g/mol. The predicted octanol–water partition coefficient (Wildman–Crippen LogP) is -0.0954. The predicted molar refractivity (Wildman–Crippen MR) is 26.7 cm³/mol. The molecule has 1 N–H and O–H groups in total. The zero-order chi connectivity index (χ0) is 7.56. The van der Waals surface area contributed by atoms with Gasteiger partial charge in [-0.25, -0.2) is 0 Å². The molecule has 2 atom stereocenters. The van der Waals surface area contributed by atoms with E-state index in [1.807, 2.05) is 0 Å². The van der Waals surface area contributed by atoms with Crippen LogP contribution in [0.25, 0.3) is 0 Å². The number of hydrogen-bond donors (Lipinski definition) is 1. The fourth-order valence-electron chi connectivity index (χ4n) is 1.06. The third-order valence-corrected chi connectivity index (χ3v) is 4.55. The first kappa shape index (κ1) is 9.39. The summed E-state index contributed by atoms with van der Waals surface area (Å²) < 4.78 is 5.84. The normalized spacial score (nSPS) is 32.4. The minimum atomic E-state index is 0.0363. The summed E-state index contributed by atoms with van der Waals surface area (Å²) in [5.74, 6) is 0. The van der Waals surface area contributed by atoms with Gasteiger partial charge in [-0.05, 0) is 0 Å². The fourth-order valence-corrected chi connectivity index (χ4v) is 4.07. The van der Waals surface area contributed by atoms with Crippen molar-refractivity contribution in [2.24, 2.45) is 0 Å². The van der Waals surface area contributed by atoms with Gasteiger partial charge in [-0.1, -0.05) is 0 Å². The van der Waals surface area contributed by atoms with Crippen LogP contribution in [-0.4, -0.2) is 19.7 Å². The van der Waals surface area contributed by atoms with Gasteiger partial charge in [-0.2, -0.15) is 0 Å². The van der Waals surface area contributed by atoms with Crippen molar-refractivity contribution in [2.45, 2.75) is 16.1 Å². The third-order valence-electron chi connectivity index (χ3n) is 1.48. The van der Waals surface area contributed by atoms with E-state index in [2.05, 4.69) is 5.32 Å². The van der Waals surface area contributed by atoms with Gasteiger partial charge in [0.15, 0.2) is 0 Å². The van der Waals surface area contributed by atoms with Crippen molar-refractivity contribution >= 4 is 3.48 Å². The molecule has 0 spiro atoms. The number of nitrogens with one attached hydrogen (secondary N) is 1. The van der Waals surface area contributed by atoms with Gasteiger partial charge in [-0.15, -0.1) is 0 Å². The molecule has 10 heavy (non-hydrogen) atoms. The molecule has 48 valence electrons. The molecule has 1 aliphatic heterocycles. The molecule has 0 aromatic heterocycles. The molecular weight excluding hydrogens is 507 g/mol. The Balaban J connectivity index is 2.24. The topological polar surface area (TPSA) is 38.3 Å². The van der Waals surface area contributed by atoms with Gasteiger partial charge in [0.1, 0.15) is 0 Å². The molecule has 5 heteroatoms. The first-order valence-electron chi connectivity index (χ1n) is 3.27. The van der Waals surface area contributed by atoms with E-state index < -0.39 is 0 Å². The summed E-state index contributed by atoms with van der Waals surface area (Å²) in [6, 6.07) is 0. The summed E-state index contributed by atoms with van der Waals surface area (Å²) in [6.07, 6.45) is 1.26. The Morgan fingerprint density at radius 2 is 2.40 bits per heavy atom. The molecule has 0 saturated carbocycles. The summed E-state index contributed by atoms with van der Waals surface area (Å²) in [4.78, 5) is 10.6. The van der Waals surface area contributed by atoms with Crippen LogP contribution in [0.1, 0.15) is 6.42 Å². The van der Waals surface area contributed by atoms with E-state index in [1.165, 1.54) is 0 Å². The molecule has 1 rings (SSSR count). The van der Waals surface area contributed by atoms with Crippen molar-refractivity contribution in [3.05, 3.63) is 0 Å². The van der Waals surface area contributed by atoms with Gasteiger partial charge in [0.2, 0.25) is 0 Å². The Kier molecular flexibility index (Phi) is 4.09. The first-order chi connectivity index (χ1) is 4.68. The molecule has 1 saturated heterocycles. The van der Waals surface area contributed by atoms with E-state index >= 15 is 0 Å². The minimum absolute atomic E-state index is 0.0363. The van der Waals surface area contributed by atoms with Crippen LogP contribution in [0, 0.1) is 0 Å². The second kappa shape index (κ2) is 4.36. The standard InChI is InChI=1S/C5H7NO2.2Hg/c7-4-8-5-1-2-6-3-5;;/h2,5-6H,1,3H2;;. The van der Waals surface area contributed by atoms with Crippen molar-refractivity contribution < 1.29 is 61.8 Å². The van der Waals surface area contributed by atoms with E-state index in [0.29, 0.717) is 3.55 Å². The second-order valence-electron chi connectivity index (χ2n) is 2.45. The van der Waals surface area contributed by atoms with Crippen LogP contribution in [0.3, 0.4) is 0 Å². The molecule has 0 aromatic rings. The Hall–Kier alpha value is 1.30. The fraction of sp³-hybridized carbons (Fsp3) is 0.800. The first-order valence-corrected chi connectivity index (χ1v) is 9.20. The van der Waals surface area contributed by atoms with Crippen molar-refractivity contribution in [2.75, 3.05) is 6.54 Å². The monoisotopic (exact) mass is 517 g/mol. The van der Waals surface area contributed by atoms with Crippen LogP contribution in [0.15, 0.2) is 0 Å². The zero-order valence-electron chi connectivity index (χ0n) is 5.80. The SMILES string of the molecule is O=[C]([Hg])OC1CN[CH]([Hg])C1. The molecule has 1 fully saturated rings. The molecule has 1 aliphatic rings. The van der Waals surface area contributed by atoms with Crippen LogP contribution in [-0.2, 0) is 57.0 Å². The van der Waals surface area contributed by atoms with E-state index in [-0.39, 0.29) is 35.7 Å². The molecule has 2 unspecified atom stereocenters. The van der Waals surface area contributed by atoms with Gasteiger partial charge >= 0.3 is 93.2 Å². The number of ether oxygens (including phenoxy) is 1. The summed E-state index contributed by atoms with van der Waals surface area (Å²) >= 11 is 0.924. The van der Waals surface area contributed by atoms with E-state index in [0.717, 1.165) is 39.1 Å². The molecule has 0 aliphatic carbocycles. The number of rotatable bonds is 1. The zero-order valence-corrected chi connectivity index (χ0v) is 16.8. The van der Waals surface area contributed by atoms with E-state index in [4.69, 9.17) is 4.74 Å². The quantitative estimate of drug-likeness (QED) is 0.498. The maximum atomic E-state index is 10.6. The van der Waals surface area contributed by atoms with Crippen LogP contribution in [0.5, 0.6) is 0 Å². The summed E-state index contributed by atoms with van der Waals surface area (Å²) in [5, 5.41) is 3.31. The Morgan fingerprint density at radius 3 is 2.80 bits per heavy atom. The Morgan fingerprint density at radius 1 is 1.70 bits per heavy atom. The Bertz CT molecular complexity index is 142. The molecular formula is C5H7Hg2NO2. The van der Waals surface area contributed by atoms with Crippen molar-refractivity contribution in [1.29, 1.82) is 0 Å². The van der Waals surface area contributed by atoms with Gasteiger partial charge in [0.05, 0.1) is 0 Å². The van der Waals surface area contributed by atoms with Gasteiger partial charge in [0, 0.05) is 0 Å². The van der Waals surface area contributed by atoms with Crippen LogP contribution in [0.2, 0.25) is 0 Å². The van der Waals surface area contributed by atoms with E-state index in [1.54, 1.807) is 0 Å². The molecule has 1 heterocycles. The van der Waals surface area contributed by atoms with Gasteiger partial charge in [-0.3, -0.25) is 0 Å². The van der Waals surface area contributed by atoms with E-state index in [9.17, 15) is 4.79 Å². The van der Waals surface area contributed by atoms with Crippen molar-refractivity contribution in [3.63, 3.8) is 0 Å². The van der Waals surface area contributed by atoms with Crippen molar-refractivity contribution in [1.82, 2.24) is 5.32 Å². The van der Waals surface area contributed by atoms with Crippen LogP contribution in [0.4, 0.5) is 4.79 Å². The molecule has 3 nitrogen and oxygen atoms in total. The van der Waals surface area contributed by atoms with Crippen molar-refractivity contribution in [3.8, 4) is 0 Å².